The normalized spacial score (nSPS) is 17.7. The van der Waals surface area contributed by atoms with Crippen LogP contribution in [-0.4, -0.2) is 38.3 Å². The van der Waals surface area contributed by atoms with E-state index < -0.39 is 0 Å². The summed E-state index contributed by atoms with van der Waals surface area (Å²) in [7, 11) is 0. The van der Waals surface area contributed by atoms with Crippen LogP contribution in [-0.2, 0) is 42.8 Å². The minimum atomic E-state index is 0. The quantitative estimate of drug-likeness (QED) is 0.222. The molecule has 2 aliphatic heterocycles. The Bertz CT molecular complexity index is 1590. The van der Waals surface area contributed by atoms with Crippen molar-refractivity contribution >= 4 is 53.3 Å². The zero-order chi connectivity index (χ0) is 28.2. The van der Waals surface area contributed by atoms with Gasteiger partial charge < -0.3 is 29.9 Å². The topological polar surface area (TPSA) is 106 Å². The van der Waals surface area contributed by atoms with Gasteiger partial charge in [-0.2, -0.15) is 0 Å². The molecule has 0 spiro atoms. The van der Waals surface area contributed by atoms with Crippen molar-refractivity contribution in [1.82, 2.24) is 39.9 Å². The van der Waals surface area contributed by atoms with Crippen LogP contribution < -0.4 is 9.97 Å². The van der Waals surface area contributed by atoms with Gasteiger partial charge >= 0.3 is 17.1 Å². The smallest absolute Gasteiger partial charge is 0.358 e. The van der Waals surface area contributed by atoms with Crippen LogP contribution in [0.4, 0.5) is 0 Å². The first-order chi connectivity index (χ1) is 20.8. The Kier molecular flexibility index (Phi) is 11.5. The molecule has 5 heterocycles. The monoisotopic (exact) mass is 667 g/mol. The summed E-state index contributed by atoms with van der Waals surface area (Å²) < 4.78 is 0. The number of fused-ring (bicyclic) bond motifs is 18. The van der Waals surface area contributed by atoms with E-state index in [-0.39, 0.29) is 41.8 Å². The minimum Gasteiger partial charge on any atom is -0.358 e. The molecule has 0 aromatic carbocycles. The average Bonchev–Trinajstić information content (AvgIpc) is 3.78. The zero-order valence-corrected chi connectivity index (χ0v) is 26.7. The second-order valence-electron chi connectivity index (χ2n) is 12.1. The fourth-order valence-electron chi connectivity index (χ4n) is 7.68. The van der Waals surface area contributed by atoms with E-state index in [1.807, 2.05) is 13.8 Å². The second-order valence-corrected chi connectivity index (χ2v) is 12.1. The van der Waals surface area contributed by atoms with Crippen molar-refractivity contribution in [2.45, 2.75) is 131 Å². The van der Waals surface area contributed by atoms with Gasteiger partial charge in [0.25, 0.3) is 0 Å². The molecular formula is C36H48BCuN8. The molecule has 8 nitrogen and oxygen atoms in total. The Hall–Kier alpha value is -3.10. The van der Waals surface area contributed by atoms with Crippen molar-refractivity contribution in [3.63, 3.8) is 0 Å². The number of nitrogens with zero attached hydrogens (tertiary/aromatic N) is 8. The van der Waals surface area contributed by atoms with Gasteiger partial charge in [0.2, 0.25) is 0 Å². The van der Waals surface area contributed by atoms with Gasteiger partial charge in [-0.15, -0.1) is 0 Å². The van der Waals surface area contributed by atoms with E-state index >= 15 is 0 Å². The molecule has 0 saturated carbocycles. The fourth-order valence-corrected chi connectivity index (χ4v) is 7.68. The molecule has 3 aromatic rings. The third-order valence-corrected chi connectivity index (χ3v) is 9.73. The van der Waals surface area contributed by atoms with E-state index in [0.717, 1.165) is 149 Å². The molecule has 0 fully saturated rings. The standard InChI is InChI=1S/C32H32N8.C2H6.2CH4.B.Cu.H2/c1-2-10-18-17(9-1)25-33-26(18)38-28-21-13-5-6-14-22(21)30(35-28)40-32-24-16-8-7-15-23(24)31(36-32)39-29-20-12-4-3-11-19(20)27(34-29)37-25;1-2;;;;;/h1-16H2;1-2H3;2*1H4;;;1H/q-2;;;;;+2;/i;;;;;;1+1. The Morgan fingerprint density at radius 2 is 0.609 bits per heavy atom. The Balaban J connectivity index is 0.000000843. The summed E-state index contributed by atoms with van der Waals surface area (Å²) in [5.41, 5.74) is 13.2. The fraction of sp³-hybridized carbons (Fsp3) is 0.556. The first-order valence-electron chi connectivity index (χ1n) is 16.4. The van der Waals surface area contributed by atoms with Gasteiger partial charge in [-0.05, 0) is 147 Å². The van der Waals surface area contributed by atoms with Crippen LogP contribution >= 0.6 is 0 Å². The molecule has 8 bridgehead atoms. The number of rotatable bonds is 0. The van der Waals surface area contributed by atoms with Gasteiger partial charge in [0.1, 0.15) is 0 Å². The SMILES string of the molecule is C.C.C1CCC2=C(C1)c1nc2nc2[n-]c(nc3nc(nc4[n-]c(n1)c1c4CCCC1)C1=C3CCCC1)c1c2CCCC1.CC.[2HH].[B].[Cu+2]. The number of aryl methyl sites for hydroxylation is 4. The van der Waals surface area contributed by atoms with E-state index in [4.69, 9.17) is 39.9 Å². The first-order valence-corrected chi connectivity index (χ1v) is 16.4. The first kappa shape index (κ1) is 35.8. The maximum atomic E-state index is 5.17. The van der Waals surface area contributed by atoms with Crippen molar-refractivity contribution < 1.29 is 18.5 Å². The van der Waals surface area contributed by atoms with Gasteiger partial charge in [-0.25, -0.2) is 9.97 Å². The second kappa shape index (κ2) is 14.8. The molecule has 9 rings (SSSR count). The van der Waals surface area contributed by atoms with Gasteiger partial charge in [0.15, 0.2) is 0 Å². The summed E-state index contributed by atoms with van der Waals surface area (Å²) in [5.74, 6) is 3.20. The van der Waals surface area contributed by atoms with Crippen molar-refractivity contribution in [2.75, 3.05) is 0 Å². The summed E-state index contributed by atoms with van der Waals surface area (Å²) >= 11 is 0. The van der Waals surface area contributed by atoms with Gasteiger partial charge in [-0.1, -0.05) is 28.7 Å². The predicted molar refractivity (Wildman–Crippen MR) is 187 cm³/mol. The number of hydrogen-bond donors (Lipinski definition) is 0. The maximum Gasteiger partial charge on any atom is 2.00 e. The van der Waals surface area contributed by atoms with Crippen LogP contribution in [0.1, 0.15) is 153 Å². The Labute approximate surface area is 287 Å². The largest absolute Gasteiger partial charge is 2.00 e. The molecule has 3 aromatic heterocycles. The van der Waals surface area contributed by atoms with Crippen molar-refractivity contribution in [3.8, 4) is 0 Å². The molecule has 0 unspecified atom stereocenters. The molecule has 4 radical (unpaired) electrons. The summed E-state index contributed by atoms with van der Waals surface area (Å²) in [6.07, 6.45) is 17.3. The Morgan fingerprint density at radius 3 is 0.848 bits per heavy atom. The van der Waals surface area contributed by atoms with Crippen LogP contribution in [0.3, 0.4) is 0 Å². The molecule has 4 aliphatic carbocycles. The molecule has 0 atom stereocenters. The molecule has 0 saturated heterocycles. The molecule has 246 valence electrons. The van der Waals surface area contributed by atoms with E-state index in [9.17, 15) is 0 Å². The van der Waals surface area contributed by atoms with Crippen LogP contribution in [0.15, 0.2) is 0 Å². The summed E-state index contributed by atoms with van der Waals surface area (Å²) in [6.45, 7) is 4.00. The number of allylic oxidation sites excluding steroid dienone is 4. The van der Waals surface area contributed by atoms with Crippen LogP contribution in [0.25, 0.3) is 44.9 Å². The van der Waals surface area contributed by atoms with Crippen molar-refractivity contribution in [3.05, 3.63) is 45.6 Å². The van der Waals surface area contributed by atoms with Crippen LogP contribution in [0, 0.1) is 0 Å². The van der Waals surface area contributed by atoms with Gasteiger partial charge in [-0.3, -0.25) is 0 Å². The zero-order valence-electron chi connectivity index (χ0n) is 25.8. The van der Waals surface area contributed by atoms with Gasteiger partial charge in [0.05, 0.1) is 23.3 Å². The van der Waals surface area contributed by atoms with E-state index in [2.05, 4.69) is 0 Å². The maximum absolute atomic E-state index is 5.17. The average molecular weight is 668 g/mol. The van der Waals surface area contributed by atoms with Crippen molar-refractivity contribution in [2.24, 2.45) is 0 Å². The predicted octanol–water partition coefficient (Wildman–Crippen LogP) is 8.04. The molecule has 46 heavy (non-hydrogen) atoms. The number of hydrogen-bond acceptors (Lipinski definition) is 6. The van der Waals surface area contributed by atoms with Gasteiger partial charge in [0, 0.05) is 32.4 Å². The van der Waals surface area contributed by atoms with E-state index in [0.29, 0.717) is 0 Å². The number of aromatic nitrogens is 8. The molecule has 6 aliphatic rings. The minimum absolute atomic E-state index is 0. The van der Waals surface area contributed by atoms with E-state index in [1.54, 1.807) is 0 Å². The summed E-state index contributed by atoms with van der Waals surface area (Å²) in [5, 5.41) is 0. The van der Waals surface area contributed by atoms with Crippen LogP contribution in [0.5, 0.6) is 0 Å². The summed E-state index contributed by atoms with van der Waals surface area (Å²) in [4.78, 5) is 41.0. The molecular weight excluding hydrogens is 619 g/mol. The molecule has 0 N–H and O–H groups in total. The Morgan fingerprint density at radius 1 is 0.391 bits per heavy atom. The third kappa shape index (κ3) is 5.92. The molecule has 10 heteroatoms. The summed E-state index contributed by atoms with van der Waals surface area (Å²) in [6, 6.07) is 0. The molecule has 0 amide bonds. The van der Waals surface area contributed by atoms with Crippen LogP contribution in [0.2, 0.25) is 0 Å². The van der Waals surface area contributed by atoms with E-state index in [1.165, 1.54) is 44.5 Å². The van der Waals surface area contributed by atoms with Crippen molar-refractivity contribution in [1.29, 1.82) is 0 Å². The third-order valence-electron chi connectivity index (χ3n) is 9.73.